The van der Waals surface area contributed by atoms with Gasteiger partial charge in [-0.2, -0.15) is 0 Å². The van der Waals surface area contributed by atoms with Crippen LogP contribution < -0.4 is 9.64 Å². The molecule has 1 aromatic heterocycles. The van der Waals surface area contributed by atoms with E-state index in [-0.39, 0.29) is 18.0 Å². The average Bonchev–Trinajstić information content (AvgIpc) is 3.00. The molecule has 0 radical (unpaired) electrons. The topological polar surface area (TPSA) is 51.7 Å². The number of carbonyl (C=O) groups is 1. The molecule has 25 heavy (non-hydrogen) atoms. The van der Waals surface area contributed by atoms with Crippen LogP contribution in [-0.2, 0) is 9.53 Å². The minimum absolute atomic E-state index is 0.0161. The number of benzene rings is 1. The standard InChI is InChI=1S/C19H26N2O3S/c1-4-7-13(8-5-2)18(22)24-14-11-21(12-14)19-20-17-15(23-3)9-6-10-16(17)25-19/h6,9-10,13-14H,4-5,7-8,11-12H2,1-3H3. The Labute approximate surface area is 152 Å². The minimum Gasteiger partial charge on any atom is -0.494 e. The van der Waals surface area contributed by atoms with Gasteiger partial charge in [0, 0.05) is 0 Å². The van der Waals surface area contributed by atoms with Crippen molar-refractivity contribution in [1.29, 1.82) is 0 Å². The summed E-state index contributed by atoms with van der Waals surface area (Å²) in [5.41, 5.74) is 0.899. The van der Waals surface area contributed by atoms with Crippen LogP contribution in [0.4, 0.5) is 5.13 Å². The molecular formula is C19H26N2O3S. The van der Waals surface area contributed by atoms with E-state index in [0.29, 0.717) is 0 Å². The van der Waals surface area contributed by atoms with Gasteiger partial charge in [0.15, 0.2) is 5.13 Å². The molecule has 1 aliphatic heterocycles. The van der Waals surface area contributed by atoms with Crippen molar-refractivity contribution in [1.82, 2.24) is 4.98 Å². The highest BCUT2D eigenvalue weighted by Crippen LogP contribution is 2.36. The molecule has 1 saturated heterocycles. The molecule has 1 aliphatic rings. The quantitative estimate of drug-likeness (QED) is 0.657. The van der Waals surface area contributed by atoms with E-state index in [9.17, 15) is 4.79 Å². The highest BCUT2D eigenvalue weighted by atomic mass is 32.1. The van der Waals surface area contributed by atoms with Crippen LogP contribution in [0.25, 0.3) is 10.2 Å². The van der Waals surface area contributed by atoms with Crippen LogP contribution in [0.5, 0.6) is 5.75 Å². The summed E-state index contributed by atoms with van der Waals surface area (Å²) in [4.78, 5) is 19.2. The molecule has 0 saturated carbocycles. The second-order valence-electron chi connectivity index (χ2n) is 6.54. The first-order valence-corrected chi connectivity index (χ1v) is 9.86. The monoisotopic (exact) mass is 362 g/mol. The number of thiazole rings is 1. The normalized spacial score (nSPS) is 14.8. The summed E-state index contributed by atoms with van der Waals surface area (Å²) in [6.07, 6.45) is 3.85. The number of esters is 1. The zero-order chi connectivity index (χ0) is 17.8. The molecule has 3 rings (SSSR count). The van der Waals surface area contributed by atoms with E-state index in [1.165, 1.54) is 0 Å². The number of hydrogen-bond acceptors (Lipinski definition) is 6. The SMILES string of the molecule is CCCC(CCC)C(=O)OC1CN(c2nc3c(OC)cccc3s2)C1. The molecule has 1 aromatic carbocycles. The zero-order valence-corrected chi connectivity index (χ0v) is 16.0. The zero-order valence-electron chi connectivity index (χ0n) is 15.2. The van der Waals surface area contributed by atoms with E-state index in [1.54, 1.807) is 18.4 Å². The number of hydrogen-bond donors (Lipinski definition) is 0. The lowest BCUT2D eigenvalue weighted by Crippen LogP contribution is -2.53. The van der Waals surface area contributed by atoms with E-state index in [4.69, 9.17) is 14.5 Å². The van der Waals surface area contributed by atoms with E-state index in [0.717, 1.165) is 59.9 Å². The Morgan fingerprint density at radius 2 is 2.04 bits per heavy atom. The van der Waals surface area contributed by atoms with Crippen LogP contribution in [0.1, 0.15) is 39.5 Å². The fourth-order valence-corrected chi connectivity index (χ4v) is 4.22. The molecule has 0 spiro atoms. The van der Waals surface area contributed by atoms with Crippen molar-refractivity contribution in [2.75, 3.05) is 25.1 Å². The third-order valence-corrected chi connectivity index (χ3v) is 5.68. The molecule has 136 valence electrons. The van der Waals surface area contributed by atoms with Crippen molar-refractivity contribution in [2.24, 2.45) is 5.92 Å². The molecule has 0 aliphatic carbocycles. The molecule has 0 N–H and O–H groups in total. The van der Waals surface area contributed by atoms with Crippen molar-refractivity contribution in [3.8, 4) is 5.75 Å². The maximum absolute atomic E-state index is 12.3. The first-order chi connectivity index (χ1) is 12.2. The van der Waals surface area contributed by atoms with Crippen molar-refractivity contribution in [3.05, 3.63) is 18.2 Å². The predicted molar refractivity (Wildman–Crippen MR) is 102 cm³/mol. The Morgan fingerprint density at radius 1 is 1.32 bits per heavy atom. The van der Waals surface area contributed by atoms with Crippen LogP contribution in [0.15, 0.2) is 18.2 Å². The summed E-state index contributed by atoms with van der Waals surface area (Å²) in [7, 11) is 1.66. The number of methoxy groups -OCH3 is 1. The largest absolute Gasteiger partial charge is 0.494 e. The second-order valence-corrected chi connectivity index (χ2v) is 7.55. The lowest BCUT2D eigenvalue weighted by Gasteiger charge is -2.38. The number of rotatable bonds is 8. The molecule has 0 amide bonds. The Kier molecular flexibility index (Phi) is 5.78. The van der Waals surface area contributed by atoms with Gasteiger partial charge < -0.3 is 14.4 Å². The summed E-state index contributed by atoms with van der Waals surface area (Å²) in [6, 6.07) is 5.95. The minimum atomic E-state index is -0.0284. The third kappa shape index (κ3) is 3.89. The van der Waals surface area contributed by atoms with Crippen molar-refractivity contribution >= 4 is 32.7 Å². The molecule has 0 bridgehead atoms. The van der Waals surface area contributed by atoms with Gasteiger partial charge in [0.1, 0.15) is 17.4 Å². The molecule has 2 aromatic rings. The maximum Gasteiger partial charge on any atom is 0.309 e. The van der Waals surface area contributed by atoms with E-state index >= 15 is 0 Å². The number of ether oxygens (including phenoxy) is 2. The summed E-state index contributed by atoms with van der Waals surface area (Å²) in [6.45, 7) is 5.67. The number of carbonyl (C=O) groups excluding carboxylic acids is 1. The van der Waals surface area contributed by atoms with E-state index < -0.39 is 0 Å². The lowest BCUT2D eigenvalue weighted by atomic mass is 9.98. The molecule has 1 fully saturated rings. The summed E-state index contributed by atoms with van der Waals surface area (Å²) in [5.74, 6) is 0.820. The molecule has 0 atom stereocenters. The smallest absolute Gasteiger partial charge is 0.309 e. The highest BCUT2D eigenvalue weighted by molar-refractivity contribution is 7.22. The fourth-order valence-electron chi connectivity index (χ4n) is 3.22. The van der Waals surface area contributed by atoms with Gasteiger partial charge in [-0.25, -0.2) is 4.98 Å². The van der Waals surface area contributed by atoms with Gasteiger partial charge in [0.05, 0.1) is 30.8 Å². The van der Waals surface area contributed by atoms with E-state index in [2.05, 4.69) is 24.8 Å². The van der Waals surface area contributed by atoms with E-state index in [1.807, 2.05) is 12.1 Å². The molecule has 2 heterocycles. The number of aromatic nitrogens is 1. The van der Waals surface area contributed by atoms with Gasteiger partial charge in [-0.15, -0.1) is 0 Å². The average molecular weight is 362 g/mol. The van der Waals surface area contributed by atoms with Gasteiger partial charge in [-0.3, -0.25) is 4.79 Å². The maximum atomic E-state index is 12.3. The number of nitrogens with zero attached hydrogens (tertiary/aromatic N) is 2. The van der Waals surface area contributed by atoms with Crippen molar-refractivity contribution < 1.29 is 14.3 Å². The first-order valence-electron chi connectivity index (χ1n) is 9.05. The van der Waals surface area contributed by atoms with Crippen LogP contribution in [0, 0.1) is 5.92 Å². The van der Waals surface area contributed by atoms with Crippen LogP contribution in [0.3, 0.4) is 0 Å². The molecule has 0 unspecified atom stereocenters. The van der Waals surface area contributed by atoms with Gasteiger partial charge in [-0.05, 0) is 25.0 Å². The first kappa shape index (κ1) is 18.0. The van der Waals surface area contributed by atoms with Gasteiger partial charge in [0.2, 0.25) is 0 Å². The third-order valence-electron chi connectivity index (χ3n) is 4.60. The Balaban J connectivity index is 1.58. The van der Waals surface area contributed by atoms with Gasteiger partial charge >= 0.3 is 5.97 Å². The summed E-state index contributed by atoms with van der Waals surface area (Å²) < 4.78 is 12.2. The molecule has 6 heteroatoms. The van der Waals surface area contributed by atoms with Crippen LogP contribution in [-0.4, -0.2) is 37.3 Å². The number of para-hydroxylation sites is 1. The summed E-state index contributed by atoms with van der Waals surface area (Å²) >= 11 is 1.65. The molecular weight excluding hydrogens is 336 g/mol. The van der Waals surface area contributed by atoms with Crippen LogP contribution >= 0.6 is 11.3 Å². The number of fused-ring (bicyclic) bond motifs is 1. The Hall–Kier alpha value is -1.82. The predicted octanol–water partition coefficient (Wildman–Crippen LogP) is 4.25. The fraction of sp³-hybridized carbons (Fsp3) is 0.579. The summed E-state index contributed by atoms with van der Waals surface area (Å²) in [5, 5.41) is 0.963. The Bertz CT molecular complexity index is 719. The number of anilines is 1. The van der Waals surface area contributed by atoms with Gasteiger partial charge in [0.25, 0.3) is 0 Å². The van der Waals surface area contributed by atoms with Crippen molar-refractivity contribution in [3.63, 3.8) is 0 Å². The van der Waals surface area contributed by atoms with Gasteiger partial charge in [-0.1, -0.05) is 44.1 Å². The Morgan fingerprint density at radius 3 is 2.68 bits per heavy atom. The molecule has 5 nitrogen and oxygen atoms in total. The van der Waals surface area contributed by atoms with Crippen molar-refractivity contribution in [2.45, 2.75) is 45.6 Å². The highest BCUT2D eigenvalue weighted by Gasteiger charge is 2.33. The van der Waals surface area contributed by atoms with Crippen LogP contribution in [0.2, 0.25) is 0 Å². The second kappa shape index (κ2) is 8.04. The lowest BCUT2D eigenvalue weighted by molar-refractivity contribution is -0.155.